The van der Waals surface area contributed by atoms with Gasteiger partial charge >= 0.3 is 5.97 Å². The van der Waals surface area contributed by atoms with E-state index in [-0.39, 0.29) is 24.5 Å². The van der Waals surface area contributed by atoms with Gasteiger partial charge in [-0.15, -0.1) is 5.92 Å². The second kappa shape index (κ2) is 17.1. The third kappa shape index (κ3) is 8.44. The molecule has 0 unspecified atom stereocenters. The number of rotatable bonds is 13. The van der Waals surface area contributed by atoms with Crippen LogP contribution >= 0.6 is 0 Å². The van der Waals surface area contributed by atoms with Crippen LogP contribution in [0.1, 0.15) is 62.6 Å². The predicted octanol–water partition coefficient (Wildman–Crippen LogP) is 6.01. The number of aliphatic hydroxyl groups is 1. The van der Waals surface area contributed by atoms with Gasteiger partial charge in [-0.2, -0.15) is 0 Å². The smallest absolute Gasteiger partial charge is 0.312 e. The summed E-state index contributed by atoms with van der Waals surface area (Å²) in [5.41, 5.74) is 0.995. The molecule has 0 spiro atoms. The zero-order chi connectivity index (χ0) is 40.9. The molecule has 0 amide bonds. The van der Waals surface area contributed by atoms with E-state index in [0.29, 0.717) is 22.6 Å². The first kappa shape index (κ1) is 40.7. The normalized spacial score (nSPS) is 17.0. The molecule has 57 heavy (non-hydrogen) atoms. The molecule has 1 fully saturated rings. The number of ether oxygens (including phenoxy) is 5. The molecule has 5 aromatic rings. The van der Waals surface area contributed by atoms with Crippen molar-refractivity contribution >= 4 is 29.3 Å². The lowest BCUT2D eigenvalue weighted by atomic mass is 9.80. The Morgan fingerprint density at radius 3 is 2.12 bits per heavy atom. The zero-order valence-corrected chi connectivity index (χ0v) is 33.6. The summed E-state index contributed by atoms with van der Waals surface area (Å²) in [6.45, 7) is 6.43. The van der Waals surface area contributed by atoms with Crippen LogP contribution in [-0.4, -0.2) is 83.6 Å². The van der Waals surface area contributed by atoms with E-state index in [0.717, 1.165) is 16.7 Å². The van der Waals surface area contributed by atoms with Crippen LogP contribution in [0.2, 0.25) is 0 Å². The summed E-state index contributed by atoms with van der Waals surface area (Å²) in [5, 5.41) is 11.6. The first-order valence-corrected chi connectivity index (χ1v) is 18.6. The highest BCUT2D eigenvalue weighted by Gasteiger charge is 2.42. The molecule has 3 atom stereocenters. The lowest BCUT2D eigenvalue weighted by Gasteiger charge is -2.37. The van der Waals surface area contributed by atoms with Crippen molar-refractivity contribution in [3.63, 3.8) is 0 Å². The number of carbonyl (C=O) groups is 1. The lowest BCUT2D eigenvalue weighted by Crippen LogP contribution is -2.38. The fourth-order valence-corrected chi connectivity index (χ4v) is 6.71. The van der Waals surface area contributed by atoms with Crippen molar-refractivity contribution in [1.29, 1.82) is 0 Å². The summed E-state index contributed by atoms with van der Waals surface area (Å²) in [6.07, 6.45) is 0.767. The molecule has 1 N–H and O–H groups in total. The van der Waals surface area contributed by atoms with Gasteiger partial charge in [0.1, 0.15) is 40.5 Å². The van der Waals surface area contributed by atoms with Gasteiger partial charge in [0, 0.05) is 26.7 Å². The molecule has 3 aromatic carbocycles. The number of methoxy groups -OCH3 is 2. The average Bonchev–Trinajstić information content (AvgIpc) is 3.76. The fraction of sp³-hybridized carbons (Fsp3) is 0.364. The highest BCUT2D eigenvalue weighted by Crippen LogP contribution is 2.43. The van der Waals surface area contributed by atoms with E-state index in [1.54, 1.807) is 71.7 Å². The summed E-state index contributed by atoms with van der Waals surface area (Å²) in [6, 6.07) is 25.2. The summed E-state index contributed by atoms with van der Waals surface area (Å²) in [7, 11) is 6.81. The van der Waals surface area contributed by atoms with Crippen LogP contribution in [0.5, 0.6) is 11.5 Å². The Balaban J connectivity index is 1.40. The van der Waals surface area contributed by atoms with Crippen LogP contribution in [0.3, 0.4) is 0 Å². The summed E-state index contributed by atoms with van der Waals surface area (Å²) >= 11 is 0. The van der Waals surface area contributed by atoms with Crippen molar-refractivity contribution in [2.24, 2.45) is 10.4 Å². The number of aromatic nitrogens is 3. The Bertz CT molecular complexity index is 2290. The van der Waals surface area contributed by atoms with Gasteiger partial charge in [-0.3, -0.25) is 9.59 Å². The minimum absolute atomic E-state index is 0.0277. The molecule has 13 nitrogen and oxygen atoms in total. The van der Waals surface area contributed by atoms with Gasteiger partial charge in [0.25, 0.3) is 5.56 Å². The van der Waals surface area contributed by atoms with Gasteiger partial charge in [-0.1, -0.05) is 60.5 Å². The Hall–Kier alpha value is -5.94. The molecule has 298 valence electrons. The molecular weight excluding hydrogens is 727 g/mol. The molecule has 0 radical (unpaired) electrons. The molecule has 1 aliphatic rings. The second-order valence-corrected chi connectivity index (χ2v) is 14.9. The maximum Gasteiger partial charge on any atom is 0.312 e. The second-order valence-electron chi connectivity index (χ2n) is 14.9. The van der Waals surface area contributed by atoms with Gasteiger partial charge in [0.05, 0.1) is 44.2 Å². The maximum absolute atomic E-state index is 14.4. The van der Waals surface area contributed by atoms with E-state index in [2.05, 4.69) is 16.8 Å². The van der Waals surface area contributed by atoms with Crippen LogP contribution in [0.15, 0.2) is 94.8 Å². The van der Waals surface area contributed by atoms with E-state index in [9.17, 15) is 14.7 Å². The minimum Gasteiger partial charge on any atom is -0.497 e. The number of hydrogen-bond acceptors (Lipinski definition) is 10. The lowest BCUT2D eigenvalue weighted by molar-refractivity contribution is -0.157. The molecule has 0 aliphatic carbocycles. The Labute approximate surface area is 332 Å². The monoisotopic (exact) mass is 775 g/mol. The van der Waals surface area contributed by atoms with Crippen molar-refractivity contribution in [2.75, 3.05) is 34.9 Å². The molecule has 2 aromatic heterocycles. The van der Waals surface area contributed by atoms with Gasteiger partial charge in [0.2, 0.25) is 5.95 Å². The molecule has 0 bridgehead atoms. The van der Waals surface area contributed by atoms with Crippen molar-refractivity contribution in [3.8, 4) is 23.3 Å². The van der Waals surface area contributed by atoms with Gasteiger partial charge in [-0.25, -0.2) is 14.5 Å². The number of benzene rings is 3. The number of hydrogen-bond donors (Lipinski definition) is 1. The highest BCUT2D eigenvalue weighted by atomic mass is 16.6. The standard InChI is InChI=1S/C44H49N5O8/c1-9-13-29-25-48(39-38(29)46-42(45-27-47(5)6)49(40(39)51)28-55-41(52)43(2,3)4)37-24-35(50)36(57-37)26-56-44(30-14-11-10-12-15-30,31-16-20-33(53-7)21-17-31)32-18-22-34(54-8)23-19-32/h10-12,14-23,25,27,35-37,50H,24,26,28H2,1-8H3/t35-,36+,37-/m0/s1. The molecule has 3 heterocycles. The third-order valence-corrected chi connectivity index (χ3v) is 9.66. The van der Waals surface area contributed by atoms with Gasteiger partial charge in [0.15, 0.2) is 6.73 Å². The Morgan fingerprint density at radius 1 is 0.982 bits per heavy atom. The van der Waals surface area contributed by atoms with E-state index in [1.165, 1.54) is 10.9 Å². The van der Waals surface area contributed by atoms with Crippen molar-refractivity contribution in [1.82, 2.24) is 19.0 Å². The largest absolute Gasteiger partial charge is 0.497 e. The van der Waals surface area contributed by atoms with Crippen molar-refractivity contribution in [2.45, 2.75) is 64.9 Å². The highest BCUT2D eigenvalue weighted by molar-refractivity contribution is 5.83. The number of aliphatic hydroxyl groups excluding tert-OH is 1. The Kier molecular flexibility index (Phi) is 12.2. The van der Waals surface area contributed by atoms with Crippen molar-refractivity contribution < 1.29 is 33.6 Å². The van der Waals surface area contributed by atoms with Crippen LogP contribution in [0, 0.1) is 17.3 Å². The first-order valence-electron chi connectivity index (χ1n) is 18.6. The van der Waals surface area contributed by atoms with Crippen LogP contribution in [-0.2, 0) is 31.3 Å². The molecule has 1 saturated heterocycles. The summed E-state index contributed by atoms with van der Waals surface area (Å²) in [5.74, 6) is 6.88. The minimum atomic E-state index is -1.14. The average molecular weight is 776 g/mol. The summed E-state index contributed by atoms with van der Waals surface area (Å²) in [4.78, 5) is 38.1. The number of aliphatic imine (C=N–C) groups is 1. The summed E-state index contributed by atoms with van der Waals surface area (Å²) < 4.78 is 33.0. The topological polar surface area (TPSA) is 139 Å². The molecule has 1 aliphatic heterocycles. The number of esters is 1. The van der Waals surface area contributed by atoms with Gasteiger partial charge < -0.3 is 38.3 Å². The van der Waals surface area contributed by atoms with E-state index >= 15 is 0 Å². The van der Waals surface area contributed by atoms with E-state index in [4.69, 9.17) is 28.7 Å². The predicted molar refractivity (Wildman–Crippen MR) is 217 cm³/mol. The molecular formula is C44H49N5O8. The maximum atomic E-state index is 14.4. The molecule has 0 saturated carbocycles. The number of fused-ring (bicyclic) bond motifs is 1. The SMILES string of the molecule is CC#Cc1cn([C@@H]2C[C@H](O)[C@@H](COC(c3ccccc3)(c3ccc(OC)cc3)c3ccc(OC)cc3)O2)c2c(=O)n(COC(=O)C(C)(C)C)c(N=CN(C)C)nc12. The molecule has 6 rings (SSSR count). The van der Waals surface area contributed by atoms with Crippen LogP contribution in [0.25, 0.3) is 11.0 Å². The van der Waals surface area contributed by atoms with Crippen LogP contribution < -0.4 is 15.0 Å². The molecule has 13 heteroatoms. The van der Waals surface area contributed by atoms with Crippen LogP contribution in [0.4, 0.5) is 5.95 Å². The first-order chi connectivity index (χ1) is 27.3. The third-order valence-electron chi connectivity index (χ3n) is 9.66. The van der Waals surface area contributed by atoms with E-state index in [1.807, 2.05) is 78.9 Å². The number of nitrogens with zero attached hydrogens (tertiary/aromatic N) is 5. The fourth-order valence-electron chi connectivity index (χ4n) is 6.71. The quantitative estimate of drug-likeness (QED) is 0.0498. The number of carbonyl (C=O) groups excluding carboxylic acids is 1. The zero-order valence-electron chi connectivity index (χ0n) is 33.6. The Morgan fingerprint density at radius 2 is 1.58 bits per heavy atom. The van der Waals surface area contributed by atoms with Gasteiger partial charge in [-0.05, 0) is 68.7 Å². The van der Waals surface area contributed by atoms with E-state index < -0.39 is 47.7 Å². The van der Waals surface area contributed by atoms with Crippen molar-refractivity contribution in [3.05, 3.63) is 118 Å².